The van der Waals surface area contributed by atoms with Crippen molar-refractivity contribution in [3.05, 3.63) is 61.0 Å². The summed E-state index contributed by atoms with van der Waals surface area (Å²) in [5, 5.41) is 0.842. The molecule has 3 rings (SSSR count). The van der Waals surface area contributed by atoms with Gasteiger partial charge in [0.05, 0.1) is 16.7 Å². The number of hydrogen-bond acceptors (Lipinski definition) is 8. The lowest BCUT2D eigenvalue weighted by atomic mass is 10.2. The number of aromatic nitrogens is 4. The molecule has 0 aliphatic heterocycles. The van der Waals surface area contributed by atoms with Gasteiger partial charge in [-0.1, -0.05) is 23.9 Å². The van der Waals surface area contributed by atoms with E-state index in [1.165, 1.54) is 18.7 Å². The molecule has 11 heteroatoms. The molecule has 2 heterocycles. The minimum Gasteiger partial charge on any atom is -0.384 e. The zero-order chi connectivity index (χ0) is 23.4. The molecule has 32 heavy (non-hydrogen) atoms. The number of nitrogen functional groups attached to an aromatic ring is 1. The predicted octanol–water partition coefficient (Wildman–Crippen LogP) is 0.778. The van der Waals surface area contributed by atoms with Gasteiger partial charge in [-0.2, -0.15) is 0 Å². The molecule has 0 spiro atoms. The maximum Gasteiger partial charge on any atom is 0.332 e. The molecule has 0 unspecified atom stereocenters. The van der Waals surface area contributed by atoms with Crippen molar-refractivity contribution >= 4 is 34.3 Å². The van der Waals surface area contributed by atoms with E-state index in [9.17, 15) is 19.2 Å². The Morgan fingerprint density at radius 2 is 1.84 bits per heavy atom. The molecule has 0 atom stereocenters. The highest BCUT2D eigenvalue weighted by molar-refractivity contribution is 7.99. The summed E-state index contributed by atoms with van der Waals surface area (Å²) in [7, 11) is 2.68. The number of nitrogens with two attached hydrogens (primary N) is 1. The van der Waals surface area contributed by atoms with Crippen LogP contribution in [-0.4, -0.2) is 43.4 Å². The topological polar surface area (TPSA) is 131 Å². The molecule has 2 N–H and O–H groups in total. The molecule has 0 radical (unpaired) electrons. The average Bonchev–Trinajstić information content (AvgIpc) is 2.79. The van der Waals surface area contributed by atoms with Gasteiger partial charge in [0, 0.05) is 33.9 Å². The van der Waals surface area contributed by atoms with E-state index >= 15 is 0 Å². The number of rotatable bonds is 9. The maximum atomic E-state index is 13.0. The van der Waals surface area contributed by atoms with Crippen molar-refractivity contribution in [2.75, 3.05) is 24.7 Å². The van der Waals surface area contributed by atoms with Crippen LogP contribution in [0.4, 0.5) is 5.82 Å². The van der Waals surface area contributed by atoms with Gasteiger partial charge < -0.3 is 10.5 Å². The summed E-state index contributed by atoms with van der Waals surface area (Å²) in [5.41, 5.74) is 4.57. The van der Waals surface area contributed by atoms with Gasteiger partial charge in [0.15, 0.2) is 10.9 Å². The van der Waals surface area contributed by atoms with Crippen molar-refractivity contribution in [3.8, 4) is 0 Å². The van der Waals surface area contributed by atoms with Crippen LogP contribution < -0.4 is 22.5 Å². The molecule has 0 saturated carbocycles. The number of hydrogen-bond donors (Lipinski definition) is 1. The highest BCUT2D eigenvalue weighted by Crippen LogP contribution is 2.20. The standard InChI is InChI=1S/C21H25N5O5S/c1-4-31-11-7-10-26-18(28)13-8-5-6-9-14(13)23-20(26)32-12-15(27)16-17(22)24(2)21(30)25(3)19(16)29/h5-6,8-9H,4,7,10-12,22H2,1-3H3. The fourth-order valence-corrected chi connectivity index (χ4v) is 4.15. The number of para-hydroxylation sites is 1. The van der Waals surface area contributed by atoms with E-state index < -0.39 is 17.0 Å². The number of Topliss-reactive ketones (excluding diaryl/α,β-unsaturated/α-hetero) is 1. The first-order chi connectivity index (χ1) is 15.3. The van der Waals surface area contributed by atoms with Crippen LogP contribution in [0.2, 0.25) is 0 Å². The van der Waals surface area contributed by atoms with Crippen molar-refractivity contribution in [1.82, 2.24) is 18.7 Å². The Balaban J connectivity index is 1.95. The van der Waals surface area contributed by atoms with E-state index in [0.29, 0.717) is 42.2 Å². The second-order valence-corrected chi connectivity index (χ2v) is 8.04. The van der Waals surface area contributed by atoms with Crippen molar-refractivity contribution in [2.45, 2.75) is 25.0 Å². The zero-order valence-corrected chi connectivity index (χ0v) is 19.0. The highest BCUT2D eigenvalue weighted by Gasteiger charge is 2.21. The second-order valence-electron chi connectivity index (χ2n) is 7.10. The number of benzene rings is 1. The largest absolute Gasteiger partial charge is 0.384 e. The summed E-state index contributed by atoms with van der Waals surface area (Å²) in [4.78, 5) is 54.9. The van der Waals surface area contributed by atoms with E-state index in [-0.39, 0.29) is 22.7 Å². The van der Waals surface area contributed by atoms with Crippen LogP contribution >= 0.6 is 11.8 Å². The first-order valence-electron chi connectivity index (χ1n) is 10.1. The Labute approximate surface area is 187 Å². The normalized spacial score (nSPS) is 11.2. The van der Waals surface area contributed by atoms with Gasteiger partial charge in [-0.05, 0) is 25.5 Å². The molecule has 0 bridgehead atoms. The zero-order valence-electron chi connectivity index (χ0n) is 18.2. The lowest BCUT2D eigenvalue weighted by molar-refractivity contribution is 0.102. The van der Waals surface area contributed by atoms with Crippen LogP contribution in [0.25, 0.3) is 10.9 Å². The molecular weight excluding hydrogens is 434 g/mol. The number of ether oxygens (including phenoxy) is 1. The smallest absolute Gasteiger partial charge is 0.332 e. The molecule has 1 aromatic carbocycles. The molecule has 0 aliphatic rings. The third kappa shape index (κ3) is 4.53. The second kappa shape index (κ2) is 9.96. The highest BCUT2D eigenvalue weighted by atomic mass is 32.2. The van der Waals surface area contributed by atoms with Crippen molar-refractivity contribution < 1.29 is 9.53 Å². The summed E-state index contributed by atoms with van der Waals surface area (Å²) in [6, 6.07) is 6.99. The molecular formula is C21H25N5O5S. The van der Waals surface area contributed by atoms with Crippen LogP contribution in [-0.2, 0) is 25.4 Å². The number of fused-ring (bicyclic) bond motifs is 1. The first kappa shape index (κ1) is 23.5. The summed E-state index contributed by atoms with van der Waals surface area (Å²) in [5.74, 6) is -0.912. The van der Waals surface area contributed by atoms with Crippen molar-refractivity contribution in [3.63, 3.8) is 0 Å². The minimum atomic E-state index is -0.753. The van der Waals surface area contributed by atoms with Crippen molar-refractivity contribution in [2.24, 2.45) is 14.1 Å². The molecule has 170 valence electrons. The summed E-state index contributed by atoms with van der Waals surface area (Å²) >= 11 is 1.05. The minimum absolute atomic E-state index is 0.173. The van der Waals surface area contributed by atoms with E-state index in [1.54, 1.807) is 24.3 Å². The number of anilines is 1. The molecule has 3 aromatic rings. The number of carbonyl (C=O) groups is 1. The Kier molecular flexibility index (Phi) is 7.31. The fraction of sp³-hybridized carbons (Fsp3) is 0.381. The fourth-order valence-electron chi connectivity index (χ4n) is 3.25. The van der Waals surface area contributed by atoms with E-state index in [4.69, 9.17) is 10.5 Å². The number of ketones is 1. The molecule has 10 nitrogen and oxygen atoms in total. The molecule has 0 fully saturated rings. The summed E-state index contributed by atoms with van der Waals surface area (Å²) < 4.78 is 8.77. The third-order valence-electron chi connectivity index (χ3n) is 5.02. The van der Waals surface area contributed by atoms with Gasteiger partial charge >= 0.3 is 5.69 Å². The maximum absolute atomic E-state index is 13.0. The van der Waals surface area contributed by atoms with Crippen molar-refractivity contribution in [1.29, 1.82) is 0 Å². The molecule has 0 saturated heterocycles. The van der Waals surface area contributed by atoms with Crippen LogP contribution in [0.1, 0.15) is 23.7 Å². The van der Waals surface area contributed by atoms with Gasteiger partial charge in [0.1, 0.15) is 11.4 Å². The summed E-state index contributed by atoms with van der Waals surface area (Å²) in [6.07, 6.45) is 0.601. The quantitative estimate of drug-likeness (QED) is 0.215. The van der Waals surface area contributed by atoms with Gasteiger partial charge in [-0.15, -0.1) is 0 Å². The van der Waals surface area contributed by atoms with E-state index in [1.807, 2.05) is 6.92 Å². The van der Waals surface area contributed by atoms with E-state index in [0.717, 1.165) is 20.9 Å². The molecule has 0 aliphatic carbocycles. The van der Waals surface area contributed by atoms with Gasteiger partial charge in [0.2, 0.25) is 0 Å². The van der Waals surface area contributed by atoms with Crippen LogP contribution in [0, 0.1) is 0 Å². The summed E-state index contributed by atoms with van der Waals surface area (Å²) in [6.45, 7) is 3.34. The number of carbonyl (C=O) groups excluding carboxylic acids is 1. The van der Waals surface area contributed by atoms with Crippen LogP contribution in [0.5, 0.6) is 0 Å². The number of nitrogens with zero attached hydrogens (tertiary/aromatic N) is 4. The third-order valence-corrected chi connectivity index (χ3v) is 6.00. The molecule has 2 aromatic heterocycles. The van der Waals surface area contributed by atoms with Gasteiger partial charge in [0.25, 0.3) is 11.1 Å². The Bertz CT molecular complexity index is 1340. The first-order valence-corrected chi connectivity index (χ1v) is 11.0. The lowest BCUT2D eigenvalue weighted by Gasteiger charge is -2.14. The Hall–Kier alpha value is -3.18. The van der Waals surface area contributed by atoms with Gasteiger partial charge in [-0.25, -0.2) is 9.78 Å². The SMILES string of the molecule is CCOCCCn1c(SCC(=O)c2c(N)n(C)c(=O)n(C)c2=O)nc2ccccc2c1=O. The van der Waals surface area contributed by atoms with Gasteiger partial charge in [-0.3, -0.25) is 28.1 Å². The Morgan fingerprint density at radius 3 is 2.56 bits per heavy atom. The molecule has 0 amide bonds. The van der Waals surface area contributed by atoms with E-state index in [2.05, 4.69) is 4.98 Å². The monoisotopic (exact) mass is 459 g/mol. The number of thioether (sulfide) groups is 1. The lowest BCUT2D eigenvalue weighted by Crippen LogP contribution is -2.41. The Morgan fingerprint density at radius 1 is 1.12 bits per heavy atom. The predicted molar refractivity (Wildman–Crippen MR) is 124 cm³/mol. The average molecular weight is 460 g/mol. The van der Waals surface area contributed by atoms with Crippen LogP contribution in [0.15, 0.2) is 43.8 Å². The van der Waals surface area contributed by atoms with Crippen LogP contribution in [0.3, 0.4) is 0 Å².